The van der Waals surface area contributed by atoms with Gasteiger partial charge >= 0.3 is 0 Å². The quantitative estimate of drug-likeness (QED) is 0.878. The molecule has 3 rings (SSSR count). The van der Waals surface area contributed by atoms with Crippen LogP contribution in [0.3, 0.4) is 0 Å². The second kappa shape index (κ2) is 5.85. The van der Waals surface area contributed by atoms with Crippen LogP contribution in [0.15, 0.2) is 24.3 Å². The molecule has 98 valence electrons. The lowest BCUT2D eigenvalue weighted by atomic mass is 9.95. The van der Waals surface area contributed by atoms with Gasteiger partial charge in [0.1, 0.15) is 0 Å². The van der Waals surface area contributed by atoms with Crippen LogP contribution in [-0.2, 0) is 13.0 Å². The Kier molecular flexibility index (Phi) is 3.96. The molecule has 2 aliphatic rings. The molecule has 0 aliphatic carbocycles. The minimum Gasteiger partial charge on any atom is -0.316 e. The molecule has 1 aromatic carbocycles. The maximum absolute atomic E-state index is 3.52. The smallest absolute Gasteiger partial charge is 0.0236 e. The van der Waals surface area contributed by atoms with Crippen molar-refractivity contribution in [2.24, 2.45) is 5.92 Å². The summed E-state index contributed by atoms with van der Waals surface area (Å²) in [5.74, 6) is 0.913. The van der Waals surface area contributed by atoms with Crippen molar-refractivity contribution in [3.63, 3.8) is 0 Å². The fourth-order valence-electron chi connectivity index (χ4n) is 3.28. The zero-order chi connectivity index (χ0) is 12.2. The Labute approximate surface area is 110 Å². The van der Waals surface area contributed by atoms with Gasteiger partial charge in [0.2, 0.25) is 0 Å². The number of hydrogen-bond donors (Lipinski definition) is 1. The molecule has 1 saturated heterocycles. The molecule has 0 bridgehead atoms. The van der Waals surface area contributed by atoms with Gasteiger partial charge in [0, 0.05) is 13.1 Å². The van der Waals surface area contributed by atoms with Gasteiger partial charge < -0.3 is 5.32 Å². The highest BCUT2D eigenvalue weighted by Gasteiger charge is 2.18. The molecule has 2 heterocycles. The second-order valence-corrected chi connectivity index (χ2v) is 5.80. The second-order valence-electron chi connectivity index (χ2n) is 5.80. The SMILES string of the molecule is c1ccc2c(c1)CCN(CC[C@@H]1CCCNC1)C2. The Balaban J connectivity index is 1.50. The molecule has 0 aromatic heterocycles. The fraction of sp³-hybridized carbons (Fsp3) is 0.625. The van der Waals surface area contributed by atoms with Gasteiger partial charge in [0.15, 0.2) is 0 Å². The highest BCUT2D eigenvalue weighted by molar-refractivity contribution is 5.28. The fourth-order valence-corrected chi connectivity index (χ4v) is 3.28. The molecular formula is C16H24N2. The highest BCUT2D eigenvalue weighted by Crippen LogP contribution is 2.20. The number of fused-ring (bicyclic) bond motifs is 1. The first-order valence-corrected chi connectivity index (χ1v) is 7.41. The molecule has 0 unspecified atom stereocenters. The summed E-state index contributed by atoms with van der Waals surface area (Å²) in [5.41, 5.74) is 3.11. The van der Waals surface area contributed by atoms with Gasteiger partial charge in [-0.05, 0) is 62.4 Å². The van der Waals surface area contributed by atoms with Gasteiger partial charge in [-0.1, -0.05) is 24.3 Å². The van der Waals surface area contributed by atoms with Crippen LogP contribution in [0.5, 0.6) is 0 Å². The first-order valence-electron chi connectivity index (χ1n) is 7.41. The van der Waals surface area contributed by atoms with E-state index in [2.05, 4.69) is 34.5 Å². The summed E-state index contributed by atoms with van der Waals surface area (Å²) in [6.07, 6.45) is 5.40. The van der Waals surface area contributed by atoms with Gasteiger partial charge in [-0.25, -0.2) is 0 Å². The molecule has 0 amide bonds. The molecule has 0 saturated carbocycles. The van der Waals surface area contributed by atoms with E-state index in [1.54, 1.807) is 11.1 Å². The number of piperidine rings is 1. The lowest BCUT2D eigenvalue weighted by Crippen LogP contribution is -2.35. The van der Waals surface area contributed by atoms with Gasteiger partial charge in [-0.15, -0.1) is 0 Å². The van der Waals surface area contributed by atoms with Crippen molar-refractivity contribution in [1.29, 1.82) is 0 Å². The summed E-state index contributed by atoms with van der Waals surface area (Å²) >= 11 is 0. The van der Waals surface area contributed by atoms with E-state index in [0.717, 1.165) is 12.5 Å². The van der Waals surface area contributed by atoms with Gasteiger partial charge in [0.25, 0.3) is 0 Å². The van der Waals surface area contributed by atoms with Crippen molar-refractivity contribution in [1.82, 2.24) is 10.2 Å². The van der Waals surface area contributed by atoms with Crippen LogP contribution in [0, 0.1) is 5.92 Å². The average Bonchev–Trinajstić information content (AvgIpc) is 2.46. The topological polar surface area (TPSA) is 15.3 Å². The molecule has 1 atom stereocenters. The Morgan fingerprint density at radius 2 is 2.11 bits per heavy atom. The van der Waals surface area contributed by atoms with Crippen LogP contribution in [-0.4, -0.2) is 31.1 Å². The third-order valence-electron chi connectivity index (χ3n) is 4.46. The Bertz CT molecular complexity index is 382. The van der Waals surface area contributed by atoms with Crippen LogP contribution in [0.25, 0.3) is 0 Å². The third-order valence-corrected chi connectivity index (χ3v) is 4.46. The number of rotatable bonds is 3. The van der Waals surface area contributed by atoms with E-state index in [0.29, 0.717) is 0 Å². The van der Waals surface area contributed by atoms with Crippen molar-refractivity contribution in [2.75, 3.05) is 26.2 Å². The molecular weight excluding hydrogens is 220 g/mol. The number of nitrogens with one attached hydrogen (secondary N) is 1. The van der Waals surface area contributed by atoms with Crippen molar-refractivity contribution in [3.8, 4) is 0 Å². The van der Waals surface area contributed by atoms with E-state index in [-0.39, 0.29) is 0 Å². The molecule has 18 heavy (non-hydrogen) atoms. The highest BCUT2D eigenvalue weighted by atomic mass is 15.1. The van der Waals surface area contributed by atoms with Crippen molar-refractivity contribution < 1.29 is 0 Å². The first kappa shape index (κ1) is 12.2. The molecule has 1 fully saturated rings. The molecule has 2 nitrogen and oxygen atoms in total. The van der Waals surface area contributed by atoms with Crippen LogP contribution < -0.4 is 5.32 Å². The summed E-state index contributed by atoms with van der Waals surface area (Å²) in [7, 11) is 0. The lowest BCUT2D eigenvalue weighted by Gasteiger charge is -2.31. The van der Waals surface area contributed by atoms with E-state index < -0.39 is 0 Å². The molecule has 2 heteroatoms. The number of benzene rings is 1. The maximum Gasteiger partial charge on any atom is 0.0236 e. The Hall–Kier alpha value is -0.860. The monoisotopic (exact) mass is 244 g/mol. The summed E-state index contributed by atoms with van der Waals surface area (Å²) in [4.78, 5) is 2.64. The largest absolute Gasteiger partial charge is 0.316 e. The van der Waals surface area contributed by atoms with Gasteiger partial charge in [-0.3, -0.25) is 4.90 Å². The molecule has 1 aromatic rings. The molecule has 0 radical (unpaired) electrons. The van der Waals surface area contributed by atoms with Crippen molar-refractivity contribution in [3.05, 3.63) is 35.4 Å². The summed E-state index contributed by atoms with van der Waals surface area (Å²) in [5, 5.41) is 3.52. The predicted molar refractivity (Wildman–Crippen MR) is 75.6 cm³/mol. The minimum absolute atomic E-state index is 0.913. The van der Waals surface area contributed by atoms with E-state index in [1.165, 1.54) is 51.9 Å². The van der Waals surface area contributed by atoms with Gasteiger partial charge in [-0.2, -0.15) is 0 Å². The summed E-state index contributed by atoms with van der Waals surface area (Å²) in [6, 6.07) is 8.93. The van der Waals surface area contributed by atoms with E-state index in [9.17, 15) is 0 Å². The van der Waals surface area contributed by atoms with Crippen LogP contribution in [0.1, 0.15) is 30.4 Å². The zero-order valence-electron chi connectivity index (χ0n) is 11.2. The van der Waals surface area contributed by atoms with E-state index in [4.69, 9.17) is 0 Å². The molecule has 1 N–H and O–H groups in total. The maximum atomic E-state index is 3.52. The van der Waals surface area contributed by atoms with E-state index >= 15 is 0 Å². The molecule has 0 spiro atoms. The molecule has 2 aliphatic heterocycles. The van der Waals surface area contributed by atoms with Crippen LogP contribution in [0.2, 0.25) is 0 Å². The first-order chi connectivity index (χ1) is 8.92. The van der Waals surface area contributed by atoms with Crippen molar-refractivity contribution >= 4 is 0 Å². The minimum atomic E-state index is 0.913. The lowest BCUT2D eigenvalue weighted by molar-refractivity contribution is 0.222. The Morgan fingerprint density at radius 1 is 1.22 bits per heavy atom. The third kappa shape index (κ3) is 2.93. The van der Waals surface area contributed by atoms with Crippen molar-refractivity contribution in [2.45, 2.75) is 32.2 Å². The predicted octanol–water partition coefficient (Wildman–Crippen LogP) is 2.43. The average molecular weight is 244 g/mol. The summed E-state index contributed by atoms with van der Waals surface area (Å²) < 4.78 is 0. The van der Waals surface area contributed by atoms with Crippen LogP contribution >= 0.6 is 0 Å². The van der Waals surface area contributed by atoms with Gasteiger partial charge in [0.05, 0.1) is 0 Å². The standard InChI is InChI=1S/C16H24N2/c1-2-6-16-13-18(11-8-15(16)5-1)10-7-14-4-3-9-17-12-14/h1-2,5-6,14,17H,3-4,7-13H2/t14-/m0/s1. The zero-order valence-corrected chi connectivity index (χ0v) is 11.2. The Morgan fingerprint density at radius 3 is 2.94 bits per heavy atom. The normalized spacial score (nSPS) is 24.8. The van der Waals surface area contributed by atoms with Crippen LogP contribution in [0.4, 0.5) is 0 Å². The summed E-state index contributed by atoms with van der Waals surface area (Å²) in [6.45, 7) is 6.16. The number of nitrogens with zero attached hydrogens (tertiary/aromatic N) is 1. The number of hydrogen-bond acceptors (Lipinski definition) is 2. The van der Waals surface area contributed by atoms with E-state index in [1.807, 2.05) is 0 Å².